The first-order valence-electron chi connectivity index (χ1n) is 18.8. The lowest BCUT2D eigenvalue weighted by Crippen LogP contribution is -2.59. The molecule has 3 aromatic carbocycles. The molecule has 0 aliphatic carbocycles. The quantitative estimate of drug-likeness (QED) is 0.0353. The summed E-state index contributed by atoms with van der Waals surface area (Å²) in [6, 6.07) is 24.3. The first kappa shape index (κ1) is 45.7. The van der Waals surface area contributed by atoms with Crippen molar-refractivity contribution in [1.82, 2.24) is 16.0 Å². The number of amides is 3. The van der Waals surface area contributed by atoms with Gasteiger partial charge in [-0.3, -0.25) is 9.59 Å². The zero-order valence-corrected chi connectivity index (χ0v) is 35.5. The van der Waals surface area contributed by atoms with E-state index in [-0.39, 0.29) is 43.4 Å². The van der Waals surface area contributed by atoms with Gasteiger partial charge in [-0.05, 0) is 60.2 Å². The lowest BCUT2D eigenvalue weighted by molar-refractivity contribution is -0.148. The van der Waals surface area contributed by atoms with Crippen LogP contribution in [0.4, 0.5) is 4.79 Å². The number of hydrogen-bond acceptors (Lipinski definition) is 10. The summed E-state index contributed by atoms with van der Waals surface area (Å²) in [6.45, 7) is 13.9. The normalized spacial score (nSPS) is 13.7. The maximum atomic E-state index is 14.2. The molecule has 0 radical (unpaired) electrons. The van der Waals surface area contributed by atoms with Gasteiger partial charge in [0.05, 0.1) is 7.11 Å². The molecule has 2 unspecified atom stereocenters. The number of thioether (sulfide) groups is 1. The molecular weight excluding hydrogens is 751 g/mol. The standard InChI is InChI=1S/C42H57N3O9SSi/c1-29(2)35(39(49)51-6)45-37(47)36(40(54-56(7,8)42(3,4)5)55-32-23-16-11-17-24-32)44-34(46)26-18-25-33(38(48)52-27-30-19-12-9-13-20-30)43-41(50)53-28-31-21-14-10-15-22-31/h9-17,19-24,29,33,35-36,40H,18,25-28H2,1-8H3,(H,43,50)(H,44,46)(H,45,47)/t33?,35-,36-,40?/m1/s1. The van der Waals surface area contributed by atoms with E-state index >= 15 is 0 Å². The molecule has 0 saturated heterocycles. The van der Waals surface area contributed by atoms with E-state index in [2.05, 4.69) is 49.8 Å². The Hall–Kier alpha value is -4.66. The van der Waals surface area contributed by atoms with E-state index < -0.39 is 61.7 Å². The fraction of sp³-hybridized carbons (Fsp3) is 0.452. The predicted octanol–water partition coefficient (Wildman–Crippen LogP) is 7.13. The van der Waals surface area contributed by atoms with Crippen LogP contribution in [-0.2, 0) is 51.0 Å². The van der Waals surface area contributed by atoms with E-state index in [1.165, 1.54) is 18.9 Å². The van der Waals surface area contributed by atoms with Crippen molar-refractivity contribution < 1.29 is 42.6 Å². The van der Waals surface area contributed by atoms with Gasteiger partial charge >= 0.3 is 18.0 Å². The Bertz CT molecular complexity index is 1710. The summed E-state index contributed by atoms with van der Waals surface area (Å²) in [5, 5.41) is 8.04. The first-order chi connectivity index (χ1) is 26.5. The van der Waals surface area contributed by atoms with Gasteiger partial charge in [-0.15, -0.1) is 0 Å². The molecule has 304 valence electrons. The van der Waals surface area contributed by atoms with Crippen LogP contribution in [0.2, 0.25) is 18.1 Å². The molecule has 0 heterocycles. The topological polar surface area (TPSA) is 158 Å². The molecule has 12 nitrogen and oxygen atoms in total. The second-order valence-corrected chi connectivity index (χ2v) is 21.1. The predicted molar refractivity (Wildman–Crippen MR) is 219 cm³/mol. The number of methoxy groups -OCH3 is 1. The van der Waals surface area contributed by atoms with Crippen LogP contribution in [0.5, 0.6) is 0 Å². The van der Waals surface area contributed by atoms with Gasteiger partial charge in [0.2, 0.25) is 11.8 Å². The molecule has 0 aliphatic heterocycles. The van der Waals surface area contributed by atoms with Crippen LogP contribution in [0.25, 0.3) is 0 Å². The highest BCUT2D eigenvalue weighted by Crippen LogP contribution is 2.40. The van der Waals surface area contributed by atoms with Gasteiger partial charge in [0.1, 0.15) is 36.8 Å². The number of rotatable bonds is 20. The lowest BCUT2D eigenvalue weighted by Gasteiger charge is -2.41. The van der Waals surface area contributed by atoms with Gasteiger partial charge in [-0.2, -0.15) is 0 Å². The summed E-state index contributed by atoms with van der Waals surface area (Å²) >= 11 is 1.30. The van der Waals surface area contributed by atoms with Crippen LogP contribution >= 0.6 is 11.8 Å². The molecule has 14 heteroatoms. The maximum absolute atomic E-state index is 14.2. The average Bonchev–Trinajstić information content (AvgIpc) is 3.16. The minimum absolute atomic E-state index is 0.00291. The number of benzene rings is 3. The van der Waals surface area contributed by atoms with Gasteiger partial charge in [-0.1, -0.05) is 125 Å². The molecule has 3 amide bonds. The van der Waals surface area contributed by atoms with Crippen LogP contribution in [0.3, 0.4) is 0 Å². The van der Waals surface area contributed by atoms with E-state index in [0.29, 0.717) is 0 Å². The molecule has 0 fully saturated rings. The van der Waals surface area contributed by atoms with Gasteiger partial charge in [0.15, 0.2) is 8.32 Å². The third-order valence-corrected chi connectivity index (χ3v) is 15.2. The van der Waals surface area contributed by atoms with Crippen LogP contribution in [-0.4, -0.2) is 68.8 Å². The molecule has 0 aromatic heterocycles. The van der Waals surface area contributed by atoms with Crippen LogP contribution < -0.4 is 16.0 Å². The maximum Gasteiger partial charge on any atom is 0.408 e. The van der Waals surface area contributed by atoms with E-state index in [1.807, 2.05) is 91.0 Å². The van der Waals surface area contributed by atoms with Crippen molar-refractivity contribution in [3.8, 4) is 0 Å². The van der Waals surface area contributed by atoms with Gasteiger partial charge in [0, 0.05) is 11.3 Å². The third kappa shape index (κ3) is 15.1. The molecule has 0 bridgehead atoms. The molecule has 0 spiro atoms. The van der Waals surface area contributed by atoms with Crippen molar-refractivity contribution in [2.45, 2.75) is 114 Å². The molecule has 4 atom stereocenters. The average molecular weight is 808 g/mol. The van der Waals surface area contributed by atoms with Crippen LogP contribution in [0.1, 0.15) is 65.0 Å². The third-order valence-electron chi connectivity index (χ3n) is 9.41. The Morgan fingerprint density at radius 1 is 0.714 bits per heavy atom. The summed E-state index contributed by atoms with van der Waals surface area (Å²) < 4.78 is 22.7. The Morgan fingerprint density at radius 3 is 1.77 bits per heavy atom. The SMILES string of the molecule is COC(=O)[C@H](NC(=O)[C@@H](NC(=O)CCCC(NC(=O)OCc1ccccc1)C(=O)OCc1ccccc1)C(O[Si](C)(C)C(C)(C)C)Sc1ccccc1)C(C)C. The largest absolute Gasteiger partial charge is 0.467 e. The number of esters is 2. The smallest absolute Gasteiger partial charge is 0.408 e. The van der Waals surface area contributed by atoms with E-state index in [0.717, 1.165) is 16.0 Å². The van der Waals surface area contributed by atoms with Crippen molar-refractivity contribution in [2.75, 3.05) is 7.11 Å². The summed E-state index contributed by atoms with van der Waals surface area (Å²) in [4.78, 5) is 67.6. The summed E-state index contributed by atoms with van der Waals surface area (Å²) in [7, 11) is -1.30. The van der Waals surface area contributed by atoms with Gasteiger partial charge in [0.25, 0.3) is 0 Å². The lowest BCUT2D eigenvalue weighted by atomic mass is 10.0. The highest BCUT2D eigenvalue weighted by molar-refractivity contribution is 8.00. The number of alkyl carbamates (subject to hydrolysis) is 1. The van der Waals surface area contributed by atoms with Crippen molar-refractivity contribution in [3.63, 3.8) is 0 Å². The molecule has 0 aliphatic rings. The number of nitrogens with one attached hydrogen (secondary N) is 3. The fourth-order valence-corrected chi connectivity index (χ4v) is 7.98. The number of ether oxygens (including phenoxy) is 3. The summed E-state index contributed by atoms with van der Waals surface area (Å²) in [5.74, 6) is -2.72. The van der Waals surface area contributed by atoms with Crippen molar-refractivity contribution in [3.05, 3.63) is 102 Å². The second-order valence-electron chi connectivity index (χ2n) is 15.2. The van der Waals surface area contributed by atoms with Crippen molar-refractivity contribution >= 4 is 49.9 Å². The van der Waals surface area contributed by atoms with Gasteiger partial charge < -0.3 is 34.6 Å². The Morgan fingerprint density at radius 2 is 1.25 bits per heavy atom. The number of hydrogen-bond donors (Lipinski definition) is 3. The molecule has 3 aromatic rings. The zero-order valence-electron chi connectivity index (χ0n) is 33.7. The molecule has 56 heavy (non-hydrogen) atoms. The summed E-state index contributed by atoms with van der Waals surface area (Å²) in [6.07, 6.45) is -0.745. The van der Waals surface area contributed by atoms with E-state index in [1.54, 1.807) is 13.8 Å². The first-order valence-corrected chi connectivity index (χ1v) is 22.5. The van der Waals surface area contributed by atoms with E-state index in [9.17, 15) is 24.0 Å². The van der Waals surface area contributed by atoms with Crippen molar-refractivity contribution in [1.29, 1.82) is 0 Å². The molecular formula is C42H57N3O9SSi. The Kier molecular flexibility index (Phi) is 18.1. The van der Waals surface area contributed by atoms with Crippen LogP contribution in [0, 0.1) is 5.92 Å². The highest BCUT2D eigenvalue weighted by Gasteiger charge is 2.44. The highest BCUT2D eigenvalue weighted by atomic mass is 32.2. The molecule has 3 rings (SSSR count). The second kappa shape index (κ2) is 22.2. The number of carbonyl (C=O) groups excluding carboxylic acids is 5. The molecule has 3 N–H and O–H groups in total. The Balaban J connectivity index is 1.83. The summed E-state index contributed by atoms with van der Waals surface area (Å²) in [5.41, 5.74) is 0.660. The van der Waals surface area contributed by atoms with E-state index in [4.69, 9.17) is 18.6 Å². The minimum atomic E-state index is -2.55. The fourth-order valence-electron chi connectivity index (χ4n) is 5.08. The zero-order chi connectivity index (χ0) is 41.3. The number of carbonyl (C=O) groups is 5. The van der Waals surface area contributed by atoms with Crippen molar-refractivity contribution in [2.24, 2.45) is 5.92 Å². The Labute approximate surface area is 336 Å². The van der Waals surface area contributed by atoms with Gasteiger partial charge in [-0.25, -0.2) is 14.4 Å². The van der Waals surface area contributed by atoms with Crippen LogP contribution in [0.15, 0.2) is 95.9 Å². The monoisotopic (exact) mass is 807 g/mol. The minimum Gasteiger partial charge on any atom is -0.467 e. The molecule has 0 saturated carbocycles.